The summed E-state index contributed by atoms with van der Waals surface area (Å²) in [5.41, 5.74) is 2.05. The molecule has 0 bridgehead atoms. The van der Waals surface area contributed by atoms with E-state index in [0.717, 1.165) is 16.8 Å². The second-order valence-electron chi connectivity index (χ2n) is 6.48. The quantitative estimate of drug-likeness (QED) is 0.878. The van der Waals surface area contributed by atoms with E-state index in [-0.39, 0.29) is 24.2 Å². The van der Waals surface area contributed by atoms with Gasteiger partial charge in [-0.25, -0.2) is 4.39 Å². The van der Waals surface area contributed by atoms with Gasteiger partial charge >= 0.3 is 0 Å². The summed E-state index contributed by atoms with van der Waals surface area (Å²) in [4.78, 5) is 23.8. The molecule has 6 heteroatoms. The van der Waals surface area contributed by atoms with Crippen molar-refractivity contribution in [1.29, 1.82) is 0 Å². The average Bonchev–Trinajstić information content (AvgIpc) is 2.82. The summed E-state index contributed by atoms with van der Waals surface area (Å²) < 4.78 is 18.1. The molecule has 2 aromatic rings. The van der Waals surface area contributed by atoms with Crippen LogP contribution < -0.4 is 15.4 Å². The van der Waals surface area contributed by atoms with Crippen molar-refractivity contribution in [3.63, 3.8) is 0 Å². The van der Waals surface area contributed by atoms with E-state index in [1.807, 2.05) is 32.0 Å². The number of benzene rings is 2. The van der Waals surface area contributed by atoms with E-state index in [9.17, 15) is 14.0 Å². The number of nitrogens with one attached hydrogen (secondary N) is 2. The second-order valence-corrected chi connectivity index (χ2v) is 6.48. The van der Waals surface area contributed by atoms with Gasteiger partial charge < -0.3 is 15.4 Å². The molecule has 3 rings (SSSR count). The van der Waals surface area contributed by atoms with Gasteiger partial charge in [0, 0.05) is 12.2 Å². The third-order valence-electron chi connectivity index (χ3n) is 4.25. The van der Waals surface area contributed by atoms with Crippen molar-refractivity contribution in [2.45, 2.75) is 25.8 Å². The number of hydrogen-bond donors (Lipinski definition) is 2. The fourth-order valence-electron chi connectivity index (χ4n) is 2.66. The molecule has 0 fully saturated rings. The largest absolute Gasteiger partial charge is 0.484 e. The minimum Gasteiger partial charge on any atom is -0.484 e. The SMILES string of the molecule is CC1(C)C(=O)Nc2ccc(CNC(=O)COc3ccc(F)cc3)cc21. The molecular weight excluding hydrogens is 323 g/mol. The number of anilines is 1. The second kappa shape index (κ2) is 6.55. The minimum atomic E-state index is -0.582. The number of fused-ring (bicyclic) bond motifs is 1. The van der Waals surface area contributed by atoms with Crippen LogP contribution in [0.15, 0.2) is 42.5 Å². The van der Waals surface area contributed by atoms with Crippen molar-refractivity contribution >= 4 is 17.5 Å². The lowest BCUT2D eigenvalue weighted by molar-refractivity contribution is -0.123. The van der Waals surface area contributed by atoms with Gasteiger partial charge in [0.25, 0.3) is 5.91 Å². The van der Waals surface area contributed by atoms with Gasteiger partial charge in [0.05, 0.1) is 5.41 Å². The fourth-order valence-corrected chi connectivity index (χ4v) is 2.66. The highest BCUT2D eigenvalue weighted by molar-refractivity contribution is 6.05. The van der Waals surface area contributed by atoms with E-state index in [0.29, 0.717) is 12.3 Å². The van der Waals surface area contributed by atoms with Crippen LogP contribution in [-0.4, -0.2) is 18.4 Å². The molecular formula is C19H19FN2O3. The number of hydrogen-bond acceptors (Lipinski definition) is 3. The number of carbonyl (C=O) groups is 2. The summed E-state index contributed by atoms with van der Waals surface area (Å²) in [6.45, 7) is 3.92. The number of halogens is 1. The van der Waals surface area contributed by atoms with Gasteiger partial charge in [0.15, 0.2) is 6.61 Å². The van der Waals surface area contributed by atoms with Crippen molar-refractivity contribution in [2.75, 3.05) is 11.9 Å². The standard InChI is InChI=1S/C19H19FN2O3/c1-19(2)15-9-12(3-8-16(15)22-18(19)24)10-21-17(23)11-25-14-6-4-13(20)5-7-14/h3-9H,10-11H2,1-2H3,(H,21,23)(H,22,24). The first kappa shape index (κ1) is 17.0. The molecule has 1 heterocycles. The number of rotatable bonds is 5. The fraction of sp³-hybridized carbons (Fsp3) is 0.263. The predicted molar refractivity (Wildman–Crippen MR) is 91.8 cm³/mol. The number of carbonyl (C=O) groups excluding carboxylic acids is 2. The topological polar surface area (TPSA) is 67.4 Å². The van der Waals surface area contributed by atoms with Crippen molar-refractivity contribution in [1.82, 2.24) is 5.32 Å². The third kappa shape index (κ3) is 3.63. The Labute approximate surface area is 145 Å². The van der Waals surface area contributed by atoms with Crippen LogP contribution in [0.1, 0.15) is 25.0 Å². The third-order valence-corrected chi connectivity index (χ3v) is 4.25. The molecule has 2 aromatic carbocycles. The molecule has 130 valence electrons. The van der Waals surface area contributed by atoms with Gasteiger partial charge in [-0.1, -0.05) is 12.1 Å². The monoisotopic (exact) mass is 342 g/mol. The normalized spacial score (nSPS) is 14.6. The lowest BCUT2D eigenvalue weighted by Gasteiger charge is -2.16. The Kier molecular flexibility index (Phi) is 4.44. The first-order valence-corrected chi connectivity index (χ1v) is 7.96. The molecule has 1 aliphatic rings. The Morgan fingerprint density at radius 1 is 1.20 bits per heavy atom. The highest BCUT2D eigenvalue weighted by Gasteiger charge is 2.38. The Morgan fingerprint density at radius 3 is 2.64 bits per heavy atom. The first-order chi connectivity index (χ1) is 11.9. The minimum absolute atomic E-state index is 0.0311. The van der Waals surface area contributed by atoms with Crippen LogP contribution in [0.5, 0.6) is 5.75 Å². The maximum Gasteiger partial charge on any atom is 0.258 e. The molecule has 0 spiro atoms. The zero-order chi connectivity index (χ0) is 18.0. The van der Waals surface area contributed by atoms with Crippen molar-refractivity contribution in [3.05, 3.63) is 59.4 Å². The molecule has 0 saturated carbocycles. The Hall–Kier alpha value is -2.89. The molecule has 0 saturated heterocycles. The summed E-state index contributed by atoms with van der Waals surface area (Å²) >= 11 is 0. The average molecular weight is 342 g/mol. The molecule has 2 N–H and O–H groups in total. The first-order valence-electron chi connectivity index (χ1n) is 7.96. The lowest BCUT2D eigenvalue weighted by Crippen LogP contribution is -2.29. The van der Waals surface area contributed by atoms with Gasteiger partial charge in [-0.3, -0.25) is 9.59 Å². The maximum absolute atomic E-state index is 12.8. The molecule has 2 amide bonds. The zero-order valence-electron chi connectivity index (χ0n) is 14.1. The van der Waals surface area contributed by atoms with Crippen LogP contribution in [-0.2, 0) is 21.5 Å². The molecule has 0 atom stereocenters. The number of amides is 2. The van der Waals surface area contributed by atoms with E-state index in [1.165, 1.54) is 24.3 Å². The zero-order valence-corrected chi connectivity index (χ0v) is 14.1. The van der Waals surface area contributed by atoms with E-state index >= 15 is 0 Å². The Balaban J connectivity index is 1.55. The van der Waals surface area contributed by atoms with Crippen LogP contribution in [0.3, 0.4) is 0 Å². The van der Waals surface area contributed by atoms with Crippen molar-refractivity contribution in [3.8, 4) is 5.75 Å². The van der Waals surface area contributed by atoms with Crippen molar-refractivity contribution < 1.29 is 18.7 Å². The van der Waals surface area contributed by atoms with Crippen LogP contribution in [0, 0.1) is 5.82 Å². The van der Waals surface area contributed by atoms with Gasteiger partial charge in [0.1, 0.15) is 11.6 Å². The van der Waals surface area contributed by atoms with Crippen molar-refractivity contribution in [2.24, 2.45) is 0 Å². The summed E-state index contributed by atoms with van der Waals surface area (Å²) in [6.07, 6.45) is 0. The molecule has 0 aliphatic carbocycles. The smallest absolute Gasteiger partial charge is 0.258 e. The summed E-state index contributed by atoms with van der Waals surface area (Å²) in [6, 6.07) is 11.1. The molecule has 5 nitrogen and oxygen atoms in total. The molecule has 0 aromatic heterocycles. The van der Waals surface area contributed by atoms with Crippen LogP contribution in [0.2, 0.25) is 0 Å². The van der Waals surface area contributed by atoms with Gasteiger partial charge in [-0.05, 0) is 55.3 Å². The van der Waals surface area contributed by atoms with Gasteiger partial charge in [-0.2, -0.15) is 0 Å². The Morgan fingerprint density at radius 2 is 1.92 bits per heavy atom. The summed E-state index contributed by atoms with van der Waals surface area (Å²) in [7, 11) is 0. The molecule has 0 unspecified atom stereocenters. The predicted octanol–water partition coefficient (Wildman–Crippen LogP) is 2.75. The molecule has 25 heavy (non-hydrogen) atoms. The molecule has 0 radical (unpaired) electrons. The number of ether oxygens (including phenoxy) is 1. The summed E-state index contributed by atoms with van der Waals surface area (Å²) in [5, 5.41) is 5.62. The highest BCUT2D eigenvalue weighted by Crippen LogP contribution is 2.37. The van der Waals surface area contributed by atoms with E-state index in [2.05, 4.69) is 10.6 Å². The van der Waals surface area contributed by atoms with Gasteiger partial charge in [-0.15, -0.1) is 0 Å². The Bertz CT molecular complexity index is 816. The van der Waals surface area contributed by atoms with E-state index in [1.54, 1.807) is 0 Å². The highest BCUT2D eigenvalue weighted by atomic mass is 19.1. The maximum atomic E-state index is 12.8. The summed E-state index contributed by atoms with van der Waals surface area (Å²) in [5.74, 6) is -0.237. The lowest BCUT2D eigenvalue weighted by atomic mass is 9.85. The van der Waals surface area contributed by atoms with E-state index in [4.69, 9.17) is 4.74 Å². The van der Waals surface area contributed by atoms with Gasteiger partial charge in [0.2, 0.25) is 5.91 Å². The molecule has 1 aliphatic heterocycles. The van der Waals surface area contributed by atoms with Crippen LogP contribution in [0.4, 0.5) is 10.1 Å². The van der Waals surface area contributed by atoms with Crippen LogP contribution in [0.25, 0.3) is 0 Å². The van der Waals surface area contributed by atoms with Crippen LogP contribution >= 0.6 is 0 Å². The van der Waals surface area contributed by atoms with E-state index < -0.39 is 5.41 Å².